The molecule has 1 aliphatic heterocycles. The molecule has 10 heteroatoms. The van der Waals surface area contributed by atoms with E-state index in [0.29, 0.717) is 4.90 Å². The first-order valence-corrected chi connectivity index (χ1v) is 8.41. The molecule has 0 atom stereocenters. The van der Waals surface area contributed by atoms with Crippen molar-refractivity contribution in [3.63, 3.8) is 0 Å². The molecule has 0 radical (unpaired) electrons. The number of carbonyl (C=O) groups is 2. The van der Waals surface area contributed by atoms with Crippen LogP contribution in [0.25, 0.3) is 0 Å². The van der Waals surface area contributed by atoms with Crippen molar-refractivity contribution in [2.24, 2.45) is 0 Å². The zero-order valence-electron chi connectivity index (χ0n) is 13.1. The summed E-state index contributed by atoms with van der Waals surface area (Å²) in [4.78, 5) is 25.8. The maximum atomic E-state index is 12.8. The van der Waals surface area contributed by atoms with Crippen LogP contribution in [0.15, 0.2) is 53.2 Å². The van der Waals surface area contributed by atoms with Gasteiger partial charge in [0.2, 0.25) is 0 Å². The summed E-state index contributed by atoms with van der Waals surface area (Å²) in [7, 11) is 0. The first kappa shape index (κ1) is 19.5. The molecule has 140 valence electrons. The largest absolute Gasteiger partial charge is 0.416 e. The Morgan fingerprint density at radius 1 is 0.926 bits per heavy atom. The van der Waals surface area contributed by atoms with E-state index in [4.69, 9.17) is 34.8 Å². The average molecular weight is 436 g/mol. The predicted octanol–water partition coefficient (Wildman–Crippen LogP) is 5.45. The van der Waals surface area contributed by atoms with Crippen LogP contribution in [-0.2, 0) is 15.8 Å². The highest BCUT2D eigenvalue weighted by atomic mass is 35.5. The summed E-state index contributed by atoms with van der Waals surface area (Å²) in [5, 5.41) is 2.30. The standard InChI is InChI=1S/C17H8Cl3F3N2O2/c18-9-4-5-11(19)12(7-9)25-15(26)13(20)14(16(25)27)24-10-3-1-2-8(6-10)17(21,22)23/h1-7,24H. The molecule has 1 aliphatic rings. The number of amides is 2. The van der Waals surface area contributed by atoms with Gasteiger partial charge in [-0.05, 0) is 36.4 Å². The highest BCUT2D eigenvalue weighted by molar-refractivity contribution is 6.54. The Morgan fingerprint density at radius 2 is 1.63 bits per heavy atom. The van der Waals surface area contributed by atoms with E-state index in [-0.39, 0.29) is 27.1 Å². The number of hydrogen-bond acceptors (Lipinski definition) is 3. The number of imide groups is 1. The summed E-state index contributed by atoms with van der Waals surface area (Å²) in [5.74, 6) is -1.74. The Labute approximate surface area is 166 Å². The van der Waals surface area contributed by atoms with Crippen LogP contribution in [-0.4, -0.2) is 11.8 Å². The minimum absolute atomic E-state index is 0.0122. The molecule has 0 saturated heterocycles. The fourth-order valence-electron chi connectivity index (χ4n) is 2.40. The van der Waals surface area contributed by atoms with Gasteiger partial charge in [0.05, 0.1) is 16.3 Å². The van der Waals surface area contributed by atoms with Gasteiger partial charge in [0.1, 0.15) is 10.7 Å². The van der Waals surface area contributed by atoms with Crippen molar-refractivity contribution in [1.29, 1.82) is 0 Å². The van der Waals surface area contributed by atoms with Crippen molar-refractivity contribution >= 4 is 58.0 Å². The zero-order chi connectivity index (χ0) is 19.9. The fourth-order valence-corrected chi connectivity index (χ4v) is 2.99. The van der Waals surface area contributed by atoms with Crippen molar-refractivity contribution < 1.29 is 22.8 Å². The van der Waals surface area contributed by atoms with Gasteiger partial charge in [-0.15, -0.1) is 0 Å². The second-order valence-electron chi connectivity index (χ2n) is 5.43. The molecule has 0 bridgehead atoms. The molecule has 27 heavy (non-hydrogen) atoms. The lowest BCUT2D eigenvalue weighted by atomic mass is 10.2. The van der Waals surface area contributed by atoms with E-state index in [9.17, 15) is 22.8 Å². The molecule has 0 fully saturated rings. The Hall–Kier alpha value is -2.22. The average Bonchev–Trinajstić information content (AvgIpc) is 2.80. The fraction of sp³-hybridized carbons (Fsp3) is 0.0588. The molecule has 1 heterocycles. The summed E-state index contributed by atoms with van der Waals surface area (Å²) in [5.41, 5.74) is -1.33. The van der Waals surface area contributed by atoms with Gasteiger partial charge in [-0.25, -0.2) is 4.90 Å². The van der Waals surface area contributed by atoms with Crippen LogP contribution in [0.4, 0.5) is 24.5 Å². The molecule has 3 rings (SSSR count). The summed E-state index contributed by atoms with van der Waals surface area (Å²) < 4.78 is 38.5. The molecule has 0 spiro atoms. The van der Waals surface area contributed by atoms with Crippen LogP contribution in [0.5, 0.6) is 0 Å². The Balaban J connectivity index is 1.95. The third-order valence-corrected chi connectivity index (χ3v) is 4.54. The lowest BCUT2D eigenvalue weighted by molar-refractivity contribution is -0.137. The number of benzene rings is 2. The quantitative estimate of drug-likeness (QED) is 0.653. The van der Waals surface area contributed by atoms with Crippen molar-refractivity contribution in [2.45, 2.75) is 6.18 Å². The Kier molecular flexibility index (Phi) is 5.12. The maximum absolute atomic E-state index is 12.8. The number of anilines is 2. The minimum Gasteiger partial charge on any atom is -0.350 e. The number of nitrogens with one attached hydrogen (secondary N) is 1. The Morgan fingerprint density at radius 3 is 2.30 bits per heavy atom. The van der Waals surface area contributed by atoms with E-state index in [2.05, 4.69) is 5.32 Å². The monoisotopic (exact) mass is 434 g/mol. The van der Waals surface area contributed by atoms with Crippen LogP contribution in [0.3, 0.4) is 0 Å². The number of halogens is 6. The molecule has 2 aromatic rings. The van der Waals surface area contributed by atoms with Gasteiger partial charge >= 0.3 is 6.18 Å². The van der Waals surface area contributed by atoms with Crippen LogP contribution >= 0.6 is 34.8 Å². The summed E-state index contributed by atoms with van der Waals surface area (Å²) in [6.07, 6.45) is -4.56. The number of hydrogen-bond donors (Lipinski definition) is 1. The Bertz CT molecular complexity index is 990. The van der Waals surface area contributed by atoms with Crippen molar-refractivity contribution in [3.8, 4) is 0 Å². The van der Waals surface area contributed by atoms with E-state index in [1.807, 2.05) is 0 Å². The van der Waals surface area contributed by atoms with E-state index < -0.39 is 28.6 Å². The topological polar surface area (TPSA) is 49.4 Å². The van der Waals surface area contributed by atoms with Crippen molar-refractivity contribution in [1.82, 2.24) is 0 Å². The summed E-state index contributed by atoms with van der Waals surface area (Å²) in [6, 6.07) is 8.30. The van der Waals surface area contributed by atoms with E-state index in [1.54, 1.807) is 0 Å². The van der Waals surface area contributed by atoms with E-state index in [1.165, 1.54) is 24.3 Å². The third kappa shape index (κ3) is 3.76. The first-order chi connectivity index (χ1) is 12.6. The first-order valence-electron chi connectivity index (χ1n) is 7.27. The molecule has 2 amide bonds. The zero-order valence-corrected chi connectivity index (χ0v) is 15.3. The second-order valence-corrected chi connectivity index (χ2v) is 6.66. The second kappa shape index (κ2) is 7.07. The van der Waals surface area contributed by atoms with Crippen LogP contribution < -0.4 is 10.2 Å². The van der Waals surface area contributed by atoms with Gasteiger partial charge in [0.25, 0.3) is 11.8 Å². The van der Waals surface area contributed by atoms with Crippen LogP contribution in [0.2, 0.25) is 10.0 Å². The minimum atomic E-state index is -4.56. The van der Waals surface area contributed by atoms with Gasteiger partial charge in [-0.2, -0.15) is 13.2 Å². The number of alkyl halides is 3. The van der Waals surface area contributed by atoms with E-state index >= 15 is 0 Å². The molecule has 0 aliphatic carbocycles. The summed E-state index contributed by atoms with van der Waals surface area (Å²) >= 11 is 17.8. The van der Waals surface area contributed by atoms with Gasteiger partial charge < -0.3 is 5.32 Å². The molecule has 0 aromatic heterocycles. The molecule has 4 nitrogen and oxygen atoms in total. The summed E-state index contributed by atoms with van der Waals surface area (Å²) in [6.45, 7) is 0. The molecule has 1 N–H and O–H groups in total. The van der Waals surface area contributed by atoms with Gasteiger partial charge in [0.15, 0.2) is 0 Å². The third-order valence-electron chi connectivity index (χ3n) is 3.64. The molecular formula is C17H8Cl3F3N2O2. The lowest BCUT2D eigenvalue weighted by Crippen LogP contribution is -2.32. The number of rotatable bonds is 3. The molecular weight excluding hydrogens is 428 g/mol. The molecule has 0 saturated carbocycles. The molecule has 2 aromatic carbocycles. The van der Waals surface area contributed by atoms with Crippen LogP contribution in [0.1, 0.15) is 5.56 Å². The van der Waals surface area contributed by atoms with Crippen LogP contribution in [0, 0.1) is 0 Å². The van der Waals surface area contributed by atoms with Gasteiger partial charge in [-0.3, -0.25) is 9.59 Å². The van der Waals surface area contributed by atoms with E-state index in [0.717, 1.165) is 18.2 Å². The maximum Gasteiger partial charge on any atom is 0.416 e. The smallest absolute Gasteiger partial charge is 0.350 e. The van der Waals surface area contributed by atoms with Gasteiger partial charge in [0, 0.05) is 10.7 Å². The lowest BCUT2D eigenvalue weighted by Gasteiger charge is -2.17. The number of nitrogens with zero attached hydrogens (tertiary/aromatic N) is 1. The van der Waals surface area contributed by atoms with Crippen molar-refractivity contribution in [3.05, 3.63) is 68.8 Å². The molecule has 0 unspecified atom stereocenters. The predicted molar refractivity (Wildman–Crippen MR) is 96.9 cm³/mol. The normalized spacial score (nSPS) is 15.0. The highest BCUT2D eigenvalue weighted by Gasteiger charge is 2.40. The SMILES string of the molecule is O=C1C(Cl)=C(Nc2cccc(C(F)(F)F)c2)C(=O)N1c1cc(Cl)ccc1Cl. The highest BCUT2D eigenvalue weighted by Crippen LogP contribution is 2.36. The van der Waals surface area contributed by atoms with Crippen molar-refractivity contribution in [2.75, 3.05) is 10.2 Å². The van der Waals surface area contributed by atoms with Gasteiger partial charge in [-0.1, -0.05) is 40.9 Å². The number of carbonyl (C=O) groups excluding carboxylic acids is 2.